The maximum absolute atomic E-state index is 12.4. The molecule has 1 saturated heterocycles. The van der Waals surface area contributed by atoms with Crippen LogP contribution in [0, 0.1) is 0 Å². The van der Waals surface area contributed by atoms with Crippen molar-refractivity contribution >= 4 is 5.91 Å². The lowest BCUT2D eigenvalue weighted by Gasteiger charge is -2.22. The number of rotatable bonds is 6. The Morgan fingerprint density at radius 3 is 3.16 bits per heavy atom. The van der Waals surface area contributed by atoms with Crippen LogP contribution in [0.25, 0.3) is 0 Å². The number of aromatic nitrogens is 1. The van der Waals surface area contributed by atoms with Gasteiger partial charge >= 0.3 is 0 Å². The van der Waals surface area contributed by atoms with E-state index in [0.29, 0.717) is 19.2 Å². The maximum Gasteiger partial charge on any atom is 0.270 e. The van der Waals surface area contributed by atoms with Crippen molar-refractivity contribution in [2.75, 3.05) is 33.9 Å². The van der Waals surface area contributed by atoms with E-state index < -0.39 is 0 Å². The first-order valence-electron chi connectivity index (χ1n) is 6.85. The summed E-state index contributed by atoms with van der Waals surface area (Å²) in [6.07, 6.45) is 4.28. The van der Waals surface area contributed by atoms with Gasteiger partial charge in [0.25, 0.3) is 5.91 Å². The minimum absolute atomic E-state index is 0.0785. The molecule has 1 atom stereocenters. The molecule has 0 aliphatic carbocycles. The molecule has 1 unspecified atom stereocenters. The third-order valence-electron chi connectivity index (χ3n) is 3.59. The Bertz CT molecular complexity index is 411. The number of nitrogens with one attached hydrogen (secondary N) is 1. The fourth-order valence-corrected chi connectivity index (χ4v) is 2.51. The van der Waals surface area contributed by atoms with Crippen molar-refractivity contribution in [2.45, 2.75) is 25.4 Å². The molecule has 5 nitrogen and oxygen atoms in total. The van der Waals surface area contributed by atoms with Gasteiger partial charge in [-0.2, -0.15) is 0 Å². The standard InChI is InChI=1S/C14H23N3O2/c1-16(11-12-5-3-7-15-12)14(18)13-6-4-8-17(13)9-10-19-2/h4,6,8,12,15H,3,5,7,9-11H2,1-2H3. The van der Waals surface area contributed by atoms with Gasteiger partial charge in [-0.25, -0.2) is 0 Å². The normalized spacial score (nSPS) is 18.7. The smallest absolute Gasteiger partial charge is 0.270 e. The highest BCUT2D eigenvalue weighted by Crippen LogP contribution is 2.10. The topological polar surface area (TPSA) is 46.5 Å². The monoisotopic (exact) mass is 265 g/mol. The van der Waals surface area contributed by atoms with Crippen molar-refractivity contribution in [3.05, 3.63) is 24.0 Å². The molecule has 0 saturated carbocycles. The number of hydrogen-bond acceptors (Lipinski definition) is 3. The minimum atomic E-state index is 0.0785. The van der Waals surface area contributed by atoms with E-state index in [0.717, 1.165) is 25.2 Å². The molecule has 1 aromatic rings. The Morgan fingerprint density at radius 2 is 2.47 bits per heavy atom. The zero-order valence-corrected chi connectivity index (χ0v) is 11.8. The van der Waals surface area contributed by atoms with E-state index >= 15 is 0 Å². The van der Waals surface area contributed by atoms with Gasteiger partial charge in [0, 0.05) is 39.5 Å². The van der Waals surface area contributed by atoms with Crippen LogP contribution >= 0.6 is 0 Å². The number of amides is 1. The molecule has 5 heteroatoms. The van der Waals surface area contributed by atoms with Gasteiger partial charge in [-0.15, -0.1) is 0 Å². The zero-order chi connectivity index (χ0) is 13.7. The zero-order valence-electron chi connectivity index (χ0n) is 11.8. The third-order valence-corrected chi connectivity index (χ3v) is 3.59. The molecule has 2 rings (SSSR count). The predicted octanol–water partition coefficient (Wildman–Crippen LogP) is 0.958. The van der Waals surface area contributed by atoms with Gasteiger partial charge in [0.2, 0.25) is 0 Å². The van der Waals surface area contributed by atoms with Gasteiger partial charge in [-0.05, 0) is 31.5 Å². The lowest BCUT2D eigenvalue weighted by molar-refractivity contribution is 0.0770. The fraction of sp³-hybridized carbons (Fsp3) is 0.643. The van der Waals surface area contributed by atoms with Crippen LogP contribution in [-0.2, 0) is 11.3 Å². The number of nitrogens with zero attached hydrogens (tertiary/aromatic N) is 2. The summed E-state index contributed by atoms with van der Waals surface area (Å²) in [5.74, 6) is 0.0785. The molecule has 2 heterocycles. The number of carbonyl (C=O) groups is 1. The first-order valence-corrected chi connectivity index (χ1v) is 6.85. The van der Waals surface area contributed by atoms with Gasteiger partial charge in [-0.3, -0.25) is 4.79 Å². The highest BCUT2D eigenvalue weighted by molar-refractivity contribution is 5.92. The second-order valence-corrected chi connectivity index (χ2v) is 5.06. The molecule has 0 radical (unpaired) electrons. The number of carbonyl (C=O) groups excluding carboxylic acids is 1. The lowest BCUT2D eigenvalue weighted by Crippen LogP contribution is -2.39. The summed E-state index contributed by atoms with van der Waals surface area (Å²) in [4.78, 5) is 14.2. The highest BCUT2D eigenvalue weighted by atomic mass is 16.5. The maximum atomic E-state index is 12.4. The molecule has 106 valence electrons. The van der Waals surface area contributed by atoms with E-state index in [1.54, 1.807) is 7.11 Å². The third kappa shape index (κ3) is 3.58. The van der Waals surface area contributed by atoms with Crippen LogP contribution in [0.15, 0.2) is 18.3 Å². The summed E-state index contributed by atoms with van der Waals surface area (Å²) in [5, 5.41) is 3.42. The number of hydrogen-bond donors (Lipinski definition) is 1. The molecule has 1 aliphatic rings. The molecule has 1 fully saturated rings. The molecule has 0 bridgehead atoms. The van der Waals surface area contributed by atoms with Crippen LogP contribution in [0.3, 0.4) is 0 Å². The molecular formula is C14H23N3O2. The van der Waals surface area contributed by atoms with Crippen LogP contribution in [0.1, 0.15) is 23.3 Å². The van der Waals surface area contributed by atoms with Crippen molar-refractivity contribution in [1.29, 1.82) is 0 Å². The van der Waals surface area contributed by atoms with E-state index in [4.69, 9.17) is 4.74 Å². The van der Waals surface area contributed by atoms with Crippen molar-refractivity contribution < 1.29 is 9.53 Å². The Morgan fingerprint density at radius 1 is 1.63 bits per heavy atom. The first kappa shape index (κ1) is 14.1. The quantitative estimate of drug-likeness (QED) is 0.833. The molecule has 0 aromatic carbocycles. The Kier molecular flexibility index (Phi) is 4.99. The Labute approximate surface area is 114 Å². The van der Waals surface area contributed by atoms with E-state index in [9.17, 15) is 4.79 Å². The van der Waals surface area contributed by atoms with Gasteiger partial charge in [0.05, 0.1) is 6.61 Å². The van der Waals surface area contributed by atoms with E-state index in [1.807, 2.05) is 34.8 Å². The molecule has 1 amide bonds. The van der Waals surface area contributed by atoms with Crippen LogP contribution < -0.4 is 5.32 Å². The Balaban J connectivity index is 1.95. The van der Waals surface area contributed by atoms with Crippen molar-refractivity contribution in [2.24, 2.45) is 0 Å². The first-order chi connectivity index (χ1) is 9.22. The molecular weight excluding hydrogens is 242 g/mol. The predicted molar refractivity (Wildman–Crippen MR) is 74.3 cm³/mol. The van der Waals surface area contributed by atoms with Crippen molar-refractivity contribution in [1.82, 2.24) is 14.8 Å². The largest absolute Gasteiger partial charge is 0.383 e. The van der Waals surface area contributed by atoms with Gasteiger partial charge in [-0.1, -0.05) is 0 Å². The fourth-order valence-electron chi connectivity index (χ4n) is 2.51. The van der Waals surface area contributed by atoms with Crippen LogP contribution in [0.4, 0.5) is 0 Å². The lowest BCUT2D eigenvalue weighted by atomic mass is 10.2. The van der Waals surface area contributed by atoms with E-state index in [-0.39, 0.29) is 5.91 Å². The van der Waals surface area contributed by atoms with Crippen molar-refractivity contribution in [3.8, 4) is 0 Å². The van der Waals surface area contributed by atoms with E-state index in [2.05, 4.69) is 5.32 Å². The Hall–Kier alpha value is -1.33. The second-order valence-electron chi connectivity index (χ2n) is 5.06. The molecule has 1 aromatic heterocycles. The van der Waals surface area contributed by atoms with Gasteiger partial charge in [0.1, 0.15) is 5.69 Å². The van der Waals surface area contributed by atoms with Crippen LogP contribution in [0.2, 0.25) is 0 Å². The van der Waals surface area contributed by atoms with Crippen LogP contribution in [0.5, 0.6) is 0 Å². The van der Waals surface area contributed by atoms with Crippen LogP contribution in [-0.4, -0.2) is 55.3 Å². The summed E-state index contributed by atoms with van der Waals surface area (Å²) < 4.78 is 7.01. The molecule has 1 N–H and O–H groups in total. The average Bonchev–Trinajstić information content (AvgIpc) is 3.06. The summed E-state index contributed by atoms with van der Waals surface area (Å²) in [5.41, 5.74) is 0.734. The number of likely N-dealkylation sites (N-methyl/N-ethyl adjacent to an activating group) is 1. The average molecular weight is 265 g/mol. The molecule has 0 spiro atoms. The summed E-state index contributed by atoms with van der Waals surface area (Å²) in [6, 6.07) is 4.22. The summed E-state index contributed by atoms with van der Waals surface area (Å²) in [7, 11) is 3.54. The van der Waals surface area contributed by atoms with E-state index in [1.165, 1.54) is 6.42 Å². The van der Waals surface area contributed by atoms with Crippen molar-refractivity contribution in [3.63, 3.8) is 0 Å². The highest BCUT2D eigenvalue weighted by Gasteiger charge is 2.21. The molecule has 19 heavy (non-hydrogen) atoms. The van der Waals surface area contributed by atoms with Gasteiger partial charge in [0.15, 0.2) is 0 Å². The number of ether oxygens (including phenoxy) is 1. The second kappa shape index (κ2) is 6.73. The minimum Gasteiger partial charge on any atom is -0.383 e. The van der Waals surface area contributed by atoms with Gasteiger partial charge < -0.3 is 19.5 Å². The molecule has 1 aliphatic heterocycles. The summed E-state index contributed by atoms with van der Waals surface area (Å²) in [6.45, 7) is 3.16. The number of methoxy groups -OCH3 is 1. The summed E-state index contributed by atoms with van der Waals surface area (Å²) >= 11 is 0. The SMILES string of the molecule is COCCn1cccc1C(=O)N(C)CC1CCCN1.